The highest BCUT2D eigenvalue weighted by atomic mass is 16.5. The molecule has 0 atom stereocenters. The van der Waals surface area contributed by atoms with Crippen molar-refractivity contribution < 1.29 is 9.15 Å². The van der Waals surface area contributed by atoms with Crippen LogP contribution in [-0.4, -0.2) is 51.4 Å². The third-order valence-electron chi connectivity index (χ3n) is 7.12. The minimum Gasteiger partial charge on any atom is -0.489 e. The number of aromatic nitrogens is 4. The molecule has 4 heterocycles. The first-order chi connectivity index (χ1) is 17.9. The van der Waals surface area contributed by atoms with E-state index in [-0.39, 0.29) is 0 Å². The van der Waals surface area contributed by atoms with E-state index in [0.717, 1.165) is 70.6 Å². The molecular formula is C28H31N7O2. The first kappa shape index (κ1) is 23.3. The van der Waals surface area contributed by atoms with E-state index in [2.05, 4.69) is 32.3 Å². The summed E-state index contributed by atoms with van der Waals surface area (Å²) in [5, 5.41) is 8.80. The lowest BCUT2D eigenvalue weighted by molar-refractivity contribution is 0.160. The number of hydrogen-bond acceptors (Lipinski definition) is 8. The Morgan fingerprint density at radius 3 is 2.68 bits per heavy atom. The van der Waals surface area contributed by atoms with Crippen molar-refractivity contribution in [1.29, 1.82) is 0 Å². The van der Waals surface area contributed by atoms with Crippen molar-refractivity contribution in [2.75, 3.05) is 37.8 Å². The van der Waals surface area contributed by atoms with Gasteiger partial charge in [-0.2, -0.15) is 10.1 Å². The number of nitrogens with zero attached hydrogens (tertiary/aromatic N) is 5. The normalized spacial score (nSPS) is 15.0. The number of pyridine rings is 1. The molecular weight excluding hydrogens is 466 g/mol. The molecule has 9 heteroatoms. The zero-order valence-electron chi connectivity index (χ0n) is 21.4. The molecule has 3 aromatic heterocycles. The second kappa shape index (κ2) is 9.40. The van der Waals surface area contributed by atoms with E-state index in [9.17, 15) is 0 Å². The molecule has 5 aromatic rings. The van der Waals surface area contributed by atoms with Gasteiger partial charge >= 0.3 is 0 Å². The highest BCUT2D eigenvalue weighted by Crippen LogP contribution is 2.34. The molecule has 1 aliphatic heterocycles. The minimum atomic E-state index is 0.425. The summed E-state index contributed by atoms with van der Waals surface area (Å²) in [6.07, 6.45) is 4.01. The fourth-order valence-corrected chi connectivity index (χ4v) is 5.00. The standard InChI is InChI=1S/C28H31N7O2/c1-17-14-21-26(23(15-17)36-16-18-9-12-34(2)13-10-18)37-28(32-21)31-20-6-4-19(5-7-20)25-24-22(35(3)33-25)8-11-30-27(24)29/h4-8,11,14-15,18H,9-10,12-13,16H2,1-3H3,(H2,29,30)(H,31,32). The van der Waals surface area contributed by atoms with Gasteiger partial charge in [-0.3, -0.25) is 4.68 Å². The van der Waals surface area contributed by atoms with Crippen LogP contribution in [0.15, 0.2) is 53.1 Å². The third kappa shape index (κ3) is 4.58. The van der Waals surface area contributed by atoms with Crippen molar-refractivity contribution in [2.24, 2.45) is 13.0 Å². The molecule has 6 rings (SSSR count). The number of benzene rings is 2. The molecule has 3 N–H and O–H groups in total. The van der Waals surface area contributed by atoms with Crippen LogP contribution in [0.3, 0.4) is 0 Å². The van der Waals surface area contributed by atoms with Gasteiger partial charge in [-0.05, 0) is 81.7 Å². The lowest BCUT2D eigenvalue weighted by atomic mass is 9.98. The molecule has 0 aliphatic carbocycles. The monoisotopic (exact) mass is 497 g/mol. The van der Waals surface area contributed by atoms with E-state index >= 15 is 0 Å². The Kier molecular flexibility index (Phi) is 5.92. The van der Waals surface area contributed by atoms with Gasteiger partial charge in [-0.25, -0.2) is 4.98 Å². The number of oxazole rings is 1. The van der Waals surface area contributed by atoms with Crippen molar-refractivity contribution in [1.82, 2.24) is 24.6 Å². The smallest absolute Gasteiger partial charge is 0.300 e. The summed E-state index contributed by atoms with van der Waals surface area (Å²) in [7, 11) is 4.08. The lowest BCUT2D eigenvalue weighted by Crippen LogP contribution is -2.32. The Hall–Kier alpha value is -4.11. The highest BCUT2D eigenvalue weighted by Gasteiger charge is 2.19. The minimum absolute atomic E-state index is 0.425. The Morgan fingerprint density at radius 1 is 1.11 bits per heavy atom. The van der Waals surface area contributed by atoms with Crippen LogP contribution in [0.5, 0.6) is 5.75 Å². The van der Waals surface area contributed by atoms with Crippen LogP contribution in [0, 0.1) is 12.8 Å². The van der Waals surface area contributed by atoms with E-state index in [4.69, 9.17) is 14.9 Å². The van der Waals surface area contributed by atoms with E-state index in [1.165, 1.54) is 0 Å². The van der Waals surface area contributed by atoms with Gasteiger partial charge in [0, 0.05) is 24.5 Å². The molecule has 190 valence electrons. The van der Waals surface area contributed by atoms with Gasteiger partial charge in [0.05, 0.1) is 17.5 Å². The van der Waals surface area contributed by atoms with Crippen LogP contribution < -0.4 is 15.8 Å². The number of piperidine rings is 1. The summed E-state index contributed by atoms with van der Waals surface area (Å²) in [5.41, 5.74) is 12.2. The fraction of sp³-hybridized carbons (Fsp3) is 0.321. The number of hydrogen-bond donors (Lipinski definition) is 2. The number of likely N-dealkylation sites (tertiary alicyclic amines) is 1. The molecule has 0 saturated carbocycles. The Labute approximate surface area is 215 Å². The average molecular weight is 498 g/mol. The molecule has 9 nitrogen and oxygen atoms in total. The molecule has 0 unspecified atom stereocenters. The zero-order chi connectivity index (χ0) is 25.5. The van der Waals surface area contributed by atoms with Crippen LogP contribution >= 0.6 is 0 Å². The Bertz CT molecular complexity index is 1560. The van der Waals surface area contributed by atoms with Crippen molar-refractivity contribution in [2.45, 2.75) is 19.8 Å². The van der Waals surface area contributed by atoms with Gasteiger partial charge in [0.2, 0.25) is 0 Å². The van der Waals surface area contributed by atoms with Crippen LogP contribution in [0.2, 0.25) is 0 Å². The van der Waals surface area contributed by atoms with E-state index < -0.39 is 0 Å². The highest BCUT2D eigenvalue weighted by molar-refractivity contribution is 6.00. The summed E-state index contributed by atoms with van der Waals surface area (Å²) < 4.78 is 14.2. The first-order valence-electron chi connectivity index (χ1n) is 12.6. The van der Waals surface area contributed by atoms with Gasteiger partial charge in [-0.1, -0.05) is 12.1 Å². The second-order valence-electron chi connectivity index (χ2n) is 9.95. The van der Waals surface area contributed by atoms with Crippen LogP contribution in [0.25, 0.3) is 33.3 Å². The lowest BCUT2D eigenvalue weighted by Gasteiger charge is -2.28. The van der Waals surface area contributed by atoms with Crippen molar-refractivity contribution in [3.05, 3.63) is 54.2 Å². The average Bonchev–Trinajstić information content (AvgIpc) is 3.45. The van der Waals surface area contributed by atoms with Crippen LogP contribution in [-0.2, 0) is 7.05 Å². The number of rotatable bonds is 6. The molecule has 0 amide bonds. The largest absolute Gasteiger partial charge is 0.489 e. The molecule has 0 spiro atoms. The SMILES string of the molecule is Cc1cc(OCC2CCN(C)CC2)c2oc(Nc3ccc(-c4nn(C)c5ccnc(N)c45)cc3)nc2c1. The molecule has 1 fully saturated rings. The molecule has 0 radical (unpaired) electrons. The quantitative estimate of drug-likeness (QED) is 0.332. The van der Waals surface area contributed by atoms with Gasteiger partial charge in [0.15, 0.2) is 11.3 Å². The van der Waals surface area contributed by atoms with E-state index in [0.29, 0.717) is 29.9 Å². The topological polar surface area (TPSA) is 107 Å². The number of nitrogens with one attached hydrogen (secondary N) is 1. The summed E-state index contributed by atoms with van der Waals surface area (Å²) >= 11 is 0. The Balaban J connectivity index is 1.21. The number of anilines is 3. The van der Waals surface area contributed by atoms with E-state index in [1.54, 1.807) is 6.20 Å². The fourth-order valence-electron chi connectivity index (χ4n) is 5.00. The number of nitrogens with two attached hydrogens (primary N) is 1. The van der Waals surface area contributed by atoms with Crippen molar-refractivity contribution in [3.8, 4) is 17.0 Å². The van der Waals surface area contributed by atoms with Gasteiger partial charge in [0.25, 0.3) is 6.01 Å². The maximum atomic E-state index is 6.25. The van der Waals surface area contributed by atoms with Gasteiger partial charge in [0.1, 0.15) is 17.0 Å². The molecule has 0 bridgehead atoms. The second-order valence-corrected chi connectivity index (χ2v) is 9.95. The Morgan fingerprint density at radius 2 is 1.89 bits per heavy atom. The maximum Gasteiger partial charge on any atom is 0.300 e. The predicted molar refractivity (Wildman–Crippen MR) is 146 cm³/mol. The molecule has 1 saturated heterocycles. The van der Waals surface area contributed by atoms with Crippen molar-refractivity contribution in [3.63, 3.8) is 0 Å². The third-order valence-corrected chi connectivity index (χ3v) is 7.12. The van der Waals surface area contributed by atoms with Crippen LogP contribution in [0.1, 0.15) is 18.4 Å². The molecule has 2 aromatic carbocycles. The summed E-state index contributed by atoms with van der Waals surface area (Å²) in [6, 6.07) is 14.3. The number of nitrogen functional groups attached to an aromatic ring is 1. The maximum absolute atomic E-state index is 6.25. The summed E-state index contributed by atoms with van der Waals surface area (Å²) in [6.45, 7) is 4.98. The predicted octanol–water partition coefficient (Wildman–Crippen LogP) is 5.13. The van der Waals surface area contributed by atoms with Gasteiger partial charge < -0.3 is 25.1 Å². The number of aryl methyl sites for hydroxylation is 2. The first-order valence-corrected chi connectivity index (χ1v) is 12.6. The summed E-state index contributed by atoms with van der Waals surface area (Å²) in [5.74, 6) is 1.78. The summed E-state index contributed by atoms with van der Waals surface area (Å²) in [4.78, 5) is 11.3. The molecule has 37 heavy (non-hydrogen) atoms. The van der Waals surface area contributed by atoms with Crippen LogP contribution in [0.4, 0.5) is 17.5 Å². The zero-order valence-corrected chi connectivity index (χ0v) is 21.4. The number of fused-ring (bicyclic) bond motifs is 2. The van der Waals surface area contributed by atoms with Gasteiger partial charge in [-0.15, -0.1) is 0 Å². The van der Waals surface area contributed by atoms with E-state index in [1.807, 2.05) is 61.1 Å². The van der Waals surface area contributed by atoms with Crippen molar-refractivity contribution >= 4 is 39.5 Å². The number of ether oxygens (including phenoxy) is 1. The molecule has 1 aliphatic rings.